The number of hydrogen-bond acceptors (Lipinski definition) is 9. The third kappa shape index (κ3) is 6.54. The van der Waals surface area contributed by atoms with Crippen LogP contribution in [-0.2, 0) is 23.1 Å². The molecule has 0 unspecified atom stereocenters. The van der Waals surface area contributed by atoms with E-state index in [0.29, 0.717) is 24.3 Å². The highest BCUT2D eigenvalue weighted by atomic mass is 32.2. The summed E-state index contributed by atoms with van der Waals surface area (Å²) in [6, 6.07) is 17.2. The normalized spacial score (nSPS) is 16.7. The number of para-hydroxylation sites is 1. The lowest BCUT2D eigenvalue weighted by Crippen LogP contribution is -2.48. The lowest BCUT2D eigenvalue weighted by Gasteiger charge is -2.37. The van der Waals surface area contributed by atoms with E-state index in [-0.39, 0.29) is 41.9 Å². The molecule has 1 aliphatic rings. The van der Waals surface area contributed by atoms with Crippen molar-refractivity contribution in [2.75, 3.05) is 13.7 Å². The first-order chi connectivity index (χ1) is 23.9. The highest BCUT2D eigenvalue weighted by molar-refractivity contribution is 7.89. The zero-order valence-corrected chi connectivity index (χ0v) is 30.3. The topological polar surface area (TPSA) is 141 Å². The van der Waals surface area contributed by atoms with E-state index in [1.54, 1.807) is 24.3 Å². The van der Waals surface area contributed by atoms with Gasteiger partial charge < -0.3 is 14.8 Å². The summed E-state index contributed by atoms with van der Waals surface area (Å²) in [6.07, 6.45) is 3.22. The number of carbonyl (C=O) groups excluding carboxylic acids is 1. The number of hydrogen-bond donors (Lipinski definition) is 1. The van der Waals surface area contributed by atoms with Crippen LogP contribution >= 0.6 is 0 Å². The average Bonchev–Trinajstić information content (AvgIpc) is 3.49. The molecule has 1 N–H and O–H groups in total. The highest BCUT2D eigenvalue weighted by Gasteiger charge is 2.38. The number of nitrogens with zero attached hydrogens (tertiary/aromatic N) is 6. The minimum atomic E-state index is -3.86. The molecule has 0 spiro atoms. The van der Waals surface area contributed by atoms with Crippen molar-refractivity contribution in [2.45, 2.75) is 83.5 Å². The maximum absolute atomic E-state index is 14.1. The van der Waals surface area contributed by atoms with Gasteiger partial charge in [-0.25, -0.2) is 23.1 Å². The van der Waals surface area contributed by atoms with Gasteiger partial charge in [0.1, 0.15) is 22.3 Å². The molecule has 0 fully saturated rings. The number of nitrogens with one attached hydrogen (secondary N) is 1. The Kier molecular flexibility index (Phi) is 9.65. The fourth-order valence-electron chi connectivity index (χ4n) is 6.73. The van der Waals surface area contributed by atoms with E-state index in [1.165, 1.54) is 23.8 Å². The summed E-state index contributed by atoms with van der Waals surface area (Å²) >= 11 is 0. The number of ether oxygens (including phenoxy) is 2. The van der Waals surface area contributed by atoms with Crippen molar-refractivity contribution in [3.8, 4) is 11.8 Å². The Morgan fingerprint density at radius 2 is 1.82 bits per heavy atom. The van der Waals surface area contributed by atoms with Gasteiger partial charge in [0.25, 0.3) is 5.91 Å². The molecule has 13 heteroatoms. The van der Waals surface area contributed by atoms with Crippen LogP contribution in [-0.4, -0.2) is 68.9 Å². The Morgan fingerprint density at radius 3 is 2.52 bits per heavy atom. The van der Waals surface area contributed by atoms with Crippen molar-refractivity contribution in [3.63, 3.8) is 0 Å². The molecule has 1 amide bonds. The van der Waals surface area contributed by atoms with E-state index in [1.807, 2.05) is 64.4 Å². The zero-order chi connectivity index (χ0) is 35.8. The molecule has 262 valence electrons. The van der Waals surface area contributed by atoms with Gasteiger partial charge in [-0.3, -0.25) is 4.79 Å². The molecule has 12 nitrogen and oxygen atoms in total. The van der Waals surface area contributed by atoms with Crippen LogP contribution in [0.15, 0.2) is 71.9 Å². The van der Waals surface area contributed by atoms with Gasteiger partial charge in [-0.05, 0) is 87.1 Å². The molecule has 2 aromatic heterocycles. The number of amides is 1. The number of fused-ring (bicyclic) bond motifs is 2. The summed E-state index contributed by atoms with van der Waals surface area (Å²) in [5.74, 6) is -0.349. The van der Waals surface area contributed by atoms with Crippen molar-refractivity contribution in [3.05, 3.63) is 100 Å². The second-order valence-electron chi connectivity index (χ2n) is 13.2. The maximum Gasteiger partial charge on any atom is 0.316 e. The first-order valence-electron chi connectivity index (χ1n) is 16.7. The molecule has 5 aromatic rings. The number of carbonyl (C=O) groups is 1. The van der Waals surface area contributed by atoms with Crippen LogP contribution in [0.5, 0.6) is 11.8 Å². The summed E-state index contributed by atoms with van der Waals surface area (Å²) in [5, 5.41) is 12.1. The van der Waals surface area contributed by atoms with Gasteiger partial charge in [-0.1, -0.05) is 48.5 Å². The Balaban J connectivity index is 1.44. The van der Waals surface area contributed by atoms with Gasteiger partial charge in [0, 0.05) is 36.9 Å². The molecule has 6 rings (SSSR count). The lowest BCUT2D eigenvalue weighted by molar-refractivity contribution is 0.0905. The van der Waals surface area contributed by atoms with Crippen molar-refractivity contribution in [1.82, 2.24) is 34.6 Å². The van der Waals surface area contributed by atoms with Gasteiger partial charge in [0.2, 0.25) is 10.0 Å². The van der Waals surface area contributed by atoms with Gasteiger partial charge in [0.05, 0.1) is 24.7 Å². The first kappa shape index (κ1) is 35.0. The average molecular weight is 698 g/mol. The summed E-state index contributed by atoms with van der Waals surface area (Å²) in [4.78, 5) is 22.1. The van der Waals surface area contributed by atoms with Crippen LogP contribution < -0.4 is 14.8 Å². The molecule has 0 saturated heterocycles. The van der Waals surface area contributed by atoms with Crippen LogP contribution in [0.2, 0.25) is 0 Å². The van der Waals surface area contributed by atoms with E-state index in [2.05, 4.69) is 37.7 Å². The van der Waals surface area contributed by atoms with Gasteiger partial charge >= 0.3 is 6.01 Å². The van der Waals surface area contributed by atoms with Crippen molar-refractivity contribution in [2.24, 2.45) is 0 Å². The van der Waals surface area contributed by atoms with E-state index >= 15 is 0 Å². The molecule has 3 aromatic carbocycles. The molecule has 2 atom stereocenters. The zero-order valence-electron chi connectivity index (χ0n) is 29.5. The molecule has 50 heavy (non-hydrogen) atoms. The van der Waals surface area contributed by atoms with Crippen LogP contribution in [0.4, 0.5) is 0 Å². The lowest BCUT2D eigenvalue weighted by atomic mass is 9.74. The number of aromatic nitrogens is 5. The fourth-order valence-corrected chi connectivity index (χ4v) is 8.30. The van der Waals surface area contributed by atoms with Crippen LogP contribution in [0, 0.1) is 13.8 Å². The maximum atomic E-state index is 14.1. The Hall–Kier alpha value is -4.88. The van der Waals surface area contributed by atoms with Crippen LogP contribution in [0.1, 0.15) is 78.2 Å². The second-order valence-corrected chi connectivity index (χ2v) is 15.1. The molecule has 1 aliphatic heterocycles. The minimum Gasteiger partial charge on any atom is -0.488 e. The van der Waals surface area contributed by atoms with Crippen molar-refractivity contribution in [1.29, 1.82) is 0 Å². The van der Waals surface area contributed by atoms with Gasteiger partial charge in [-0.2, -0.15) is 4.31 Å². The molecular weight excluding hydrogens is 655 g/mol. The molecule has 0 saturated carbocycles. The minimum absolute atomic E-state index is 0.155. The molecular formula is C37H43N7O5S. The predicted molar refractivity (Wildman–Crippen MR) is 190 cm³/mol. The van der Waals surface area contributed by atoms with E-state index in [0.717, 1.165) is 38.9 Å². The molecule has 3 heterocycles. The number of aryl methyl sites for hydroxylation is 3. The summed E-state index contributed by atoms with van der Waals surface area (Å²) in [5.41, 5.74) is 5.75. The Bertz CT molecular complexity index is 2150. The third-order valence-corrected chi connectivity index (χ3v) is 11.4. The quantitative estimate of drug-likeness (QED) is 0.198. The molecule has 0 radical (unpaired) electrons. The summed E-state index contributed by atoms with van der Waals surface area (Å²) < 4.78 is 42.7. The van der Waals surface area contributed by atoms with E-state index in [4.69, 9.17) is 9.47 Å². The Morgan fingerprint density at radius 1 is 1.08 bits per heavy atom. The van der Waals surface area contributed by atoms with E-state index in [9.17, 15) is 13.2 Å². The van der Waals surface area contributed by atoms with Crippen molar-refractivity contribution < 1.29 is 22.7 Å². The van der Waals surface area contributed by atoms with Crippen LogP contribution in [0.25, 0.3) is 11.0 Å². The first-order valence-corrected chi connectivity index (χ1v) is 18.2. The van der Waals surface area contributed by atoms with Gasteiger partial charge in [-0.15, -0.1) is 5.10 Å². The van der Waals surface area contributed by atoms with Crippen molar-refractivity contribution >= 4 is 27.0 Å². The fraction of sp³-hybridized carbons (Fsp3) is 0.378. The Labute approximate surface area is 292 Å². The number of rotatable bonds is 10. The SMILES string of the molecule is CC[C@@H]1CN(Cc2cc([C@@H](c3ccc4c(nnn4CC)c3C)C(C)(C)NC(=O)c3cnc(OC)nc3)ccc2C)S(=O)(=O)c2ccccc2O1. The van der Waals surface area contributed by atoms with E-state index < -0.39 is 15.6 Å². The smallest absolute Gasteiger partial charge is 0.316 e. The predicted octanol–water partition coefficient (Wildman–Crippen LogP) is 5.57. The van der Waals surface area contributed by atoms with Crippen LogP contribution in [0.3, 0.4) is 0 Å². The number of benzene rings is 3. The monoisotopic (exact) mass is 697 g/mol. The molecule has 0 aliphatic carbocycles. The van der Waals surface area contributed by atoms with Gasteiger partial charge in [0.15, 0.2) is 0 Å². The number of methoxy groups -OCH3 is 1. The second kappa shape index (κ2) is 13.8. The standard InChI is InChI=1S/C37H43N7O5S/c1-8-28-22-43(50(46,47)32-13-11-10-12-31(32)49-28)21-26-18-25(15-14-23(26)3)33(29-16-17-30-34(24(29)4)41-42-44(30)9-2)37(5,6)40-35(45)27-19-38-36(48-7)39-20-27/h10-20,28,33H,8-9,21-22H2,1-7H3,(H,40,45)/t28-,33+/m1/s1. The highest BCUT2D eigenvalue weighted by Crippen LogP contribution is 2.40. The number of sulfonamides is 1. The molecule has 0 bridgehead atoms. The summed E-state index contributed by atoms with van der Waals surface area (Å²) in [6.45, 7) is 13.0. The summed E-state index contributed by atoms with van der Waals surface area (Å²) in [7, 11) is -2.39. The third-order valence-electron chi connectivity index (χ3n) is 9.50. The largest absolute Gasteiger partial charge is 0.488 e.